The van der Waals surface area contributed by atoms with Gasteiger partial charge >= 0.3 is 6.03 Å². The highest BCUT2D eigenvalue weighted by molar-refractivity contribution is 6.30. The fourth-order valence-electron chi connectivity index (χ4n) is 3.30. The number of rotatable bonds is 7. The number of carbonyl (C=O) groups excluding carboxylic acids is 3. The maximum Gasteiger partial charge on any atom is 0.320 e. The van der Waals surface area contributed by atoms with Crippen LogP contribution in [0.1, 0.15) is 19.3 Å². The third-order valence-electron chi connectivity index (χ3n) is 5.19. The largest absolute Gasteiger partial charge is 0.393 e. The average Bonchev–Trinajstić information content (AvgIpc) is 2.80. The first kappa shape index (κ1) is 23.5. The highest BCUT2D eigenvalue weighted by Crippen LogP contribution is 2.23. The zero-order valence-electron chi connectivity index (χ0n) is 17.3. The van der Waals surface area contributed by atoms with Crippen molar-refractivity contribution < 1.29 is 24.6 Å². The molecule has 4 amide bonds. The Bertz CT molecular complexity index is 961. The fourth-order valence-corrected chi connectivity index (χ4v) is 3.42. The molecule has 1 aliphatic heterocycles. The molecule has 0 bridgehead atoms. The van der Waals surface area contributed by atoms with E-state index in [0.717, 1.165) is 18.5 Å². The first-order valence-corrected chi connectivity index (χ1v) is 10.5. The highest BCUT2D eigenvalue weighted by atomic mass is 35.5. The molecule has 0 atom stereocenters. The molecule has 0 radical (unpaired) electrons. The summed E-state index contributed by atoms with van der Waals surface area (Å²) in [4.78, 5) is 38.9. The van der Waals surface area contributed by atoms with Crippen LogP contribution in [0.4, 0.5) is 21.9 Å². The summed E-state index contributed by atoms with van der Waals surface area (Å²) in [5, 5.41) is 27.5. The average molecular weight is 461 g/mol. The maximum absolute atomic E-state index is 12.8. The molecule has 32 heavy (non-hydrogen) atoms. The summed E-state index contributed by atoms with van der Waals surface area (Å²) in [6, 6.07) is 12.1. The third kappa shape index (κ3) is 5.56. The Morgan fingerprint density at radius 2 is 1.53 bits per heavy atom. The molecular formula is C22H25ClN4O5. The lowest BCUT2D eigenvalue weighted by Crippen LogP contribution is -2.62. The molecule has 5 N–H and O–H groups in total. The summed E-state index contributed by atoms with van der Waals surface area (Å²) in [7, 11) is 0. The highest BCUT2D eigenvalue weighted by Gasteiger charge is 2.39. The predicted octanol–water partition coefficient (Wildman–Crippen LogP) is 2.34. The Balaban J connectivity index is 1.66. The van der Waals surface area contributed by atoms with Crippen LogP contribution in [-0.4, -0.2) is 53.4 Å². The molecule has 0 saturated carbocycles. The quantitative estimate of drug-likeness (QED) is 0.433. The van der Waals surface area contributed by atoms with Gasteiger partial charge in [0.05, 0.1) is 13.2 Å². The lowest BCUT2D eigenvalue weighted by Gasteiger charge is -2.30. The number of urea groups is 1. The van der Waals surface area contributed by atoms with Crippen LogP contribution in [0.3, 0.4) is 0 Å². The minimum absolute atomic E-state index is 0.0588. The Hall–Kier alpha value is -3.14. The standard InChI is InChI=1S/C22H25ClN4O5/c23-15-4-6-17(7-5-15)25-21(32)26-22(13-28,14-29)20(31)24-16-8-10-18(11-9-16)27-12-2-1-3-19(27)30/h4-11,28-29H,1-3,12-14H2,(H,24,31)(H2,25,26,32). The molecule has 2 aromatic rings. The van der Waals surface area contributed by atoms with E-state index in [-0.39, 0.29) is 5.91 Å². The van der Waals surface area contributed by atoms with Crippen molar-refractivity contribution in [3.8, 4) is 0 Å². The van der Waals surface area contributed by atoms with E-state index in [1.54, 1.807) is 53.4 Å². The van der Waals surface area contributed by atoms with Crippen molar-refractivity contribution in [3.63, 3.8) is 0 Å². The number of halogens is 1. The van der Waals surface area contributed by atoms with Crippen LogP contribution in [0.5, 0.6) is 0 Å². The Morgan fingerprint density at radius 1 is 0.938 bits per heavy atom. The van der Waals surface area contributed by atoms with Crippen molar-refractivity contribution in [3.05, 3.63) is 53.6 Å². The van der Waals surface area contributed by atoms with Crippen LogP contribution < -0.4 is 20.9 Å². The molecule has 1 heterocycles. The number of piperidine rings is 1. The summed E-state index contributed by atoms with van der Waals surface area (Å²) in [5.41, 5.74) is -0.434. The van der Waals surface area contributed by atoms with Gasteiger partial charge in [-0.25, -0.2) is 4.79 Å². The second-order valence-corrected chi connectivity index (χ2v) is 7.92. The first-order valence-electron chi connectivity index (χ1n) is 10.2. The molecule has 0 unspecified atom stereocenters. The molecular weight excluding hydrogens is 436 g/mol. The van der Waals surface area contributed by atoms with Gasteiger partial charge in [-0.15, -0.1) is 0 Å². The topological polar surface area (TPSA) is 131 Å². The molecule has 3 rings (SSSR count). The number of amides is 4. The molecule has 0 aliphatic carbocycles. The zero-order chi connectivity index (χ0) is 23.1. The number of hydrogen-bond donors (Lipinski definition) is 5. The third-order valence-corrected chi connectivity index (χ3v) is 5.44. The summed E-state index contributed by atoms with van der Waals surface area (Å²) in [6.07, 6.45) is 2.33. The number of nitrogens with zero attached hydrogens (tertiary/aromatic N) is 1. The molecule has 10 heteroatoms. The van der Waals surface area contributed by atoms with E-state index in [1.807, 2.05) is 0 Å². The molecule has 170 valence electrons. The van der Waals surface area contributed by atoms with Gasteiger partial charge in [0.25, 0.3) is 5.91 Å². The Morgan fingerprint density at radius 3 is 2.12 bits per heavy atom. The molecule has 1 fully saturated rings. The van der Waals surface area contributed by atoms with E-state index >= 15 is 0 Å². The SMILES string of the molecule is O=C(Nc1ccc(Cl)cc1)NC(CO)(CO)C(=O)Nc1ccc(N2CCCCC2=O)cc1. The van der Waals surface area contributed by atoms with Gasteiger partial charge in [-0.3, -0.25) is 9.59 Å². The number of anilines is 3. The molecule has 9 nitrogen and oxygen atoms in total. The van der Waals surface area contributed by atoms with Gasteiger partial charge in [0.15, 0.2) is 5.54 Å². The maximum atomic E-state index is 12.8. The summed E-state index contributed by atoms with van der Waals surface area (Å²) in [6.45, 7) is -1.01. The van der Waals surface area contributed by atoms with Crippen LogP contribution in [0.25, 0.3) is 0 Å². The summed E-state index contributed by atoms with van der Waals surface area (Å²) < 4.78 is 0. The Labute approximate surface area is 190 Å². The number of aliphatic hydroxyl groups is 2. The summed E-state index contributed by atoms with van der Waals surface area (Å²) in [5.74, 6) is -0.737. The van der Waals surface area contributed by atoms with Crippen molar-refractivity contribution in [1.82, 2.24) is 5.32 Å². The second kappa shape index (κ2) is 10.4. The first-order chi connectivity index (χ1) is 15.4. The van der Waals surface area contributed by atoms with E-state index in [0.29, 0.717) is 29.4 Å². The van der Waals surface area contributed by atoms with Crippen LogP contribution >= 0.6 is 11.6 Å². The van der Waals surface area contributed by atoms with E-state index in [9.17, 15) is 24.6 Å². The van der Waals surface area contributed by atoms with Gasteiger partial charge in [-0.05, 0) is 61.4 Å². The normalized spacial score (nSPS) is 14.1. The van der Waals surface area contributed by atoms with E-state index < -0.39 is 30.7 Å². The second-order valence-electron chi connectivity index (χ2n) is 7.49. The zero-order valence-corrected chi connectivity index (χ0v) is 18.1. The number of carbonyl (C=O) groups is 3. The van der Waals surface area contributed by atoms with Gasteiger partial charge in [-0.1, -0.05) is 11.6 Å². The number of benzene rings is 2. The van der Waals surface area contributed by atoms with E-state index in [4.69, 9.17) is 11.6 Å². The molecule has 1 saturated heterocycles. The van der Waals surface area contributed by atoms with Crippen molar-refractivity contribution in [2.24, 2.45) is 0 Å². The van der Waals surface area contributed by atoms with Crippen molar-refractivity contribution in [1.29, 1.82) is 0 Å². The van der Waals surface area contributed by atoms with Crippen LogP contribution in [0.2, 0.25) is 5.02 Å². The van der Waals surface area contributed by atoms with Crippen LogP contribution in [0, 0.1) is 0 Å². The van der Waals surface area contributed by atoms with E-state index in [2.05, 4.69) is 16.0 Å². The lowest BCUT2D eigenvalue weighted by molar-refractivity contribution is -0.125. The monoisotopic (exact) mass is 460 g/mol. The minimum Gasteiger partial charge on any atom is -0.393 e. The number of aliphatic hydroxyl groups excluding tert-OH is 2. The summed E-state index contributed by atoms with van der Waals surface area (Å²) >= 11 is 5.81. The molecule has 0 aromatic heterocycles. The van der Waals surface area contributed by atoms with Gasteiger partial charge in [-0.2, -0.15) is 0 Å². The van der Waals surface area contributed by atoms with Crippen LogP contribution in [0.15, 0.2) is 48.5 Å². The smallest absolute Gasteiger partial charge is 0.320 e. The number of hydrogen-bond acceptors (Lipinski definition) is 5. The molecule has 1 aliphatic rings. The van der Waals surface area contributed by atoms with Crippen molar-refractivity contribution in [2.45, 2.75) is 24.8 Å². The van der Waals surface area contributed by atoms with E-state index in [1.165, 1.54) is 0 Å². The molecule has 0 spiro atoms. The van der Waals surface area contributed by atoms with Gasteiger partial charge in [0.2, 0.25) is 5.91 Å². The molecule has 2 aromatic carbocycles. The van der Waals surface area contributed by atoms with Gasteiger partial charge in [0.1, 0.15) is 0 Å². The van der Waals surface area contributed by atoms with Crippen molar-refractivity contribution >= 4 is 46.5 Å². The number of nitrogens with one attached hydrogen (secondary N) is 3. The fraction of sp³-hybridized carbons (Fsp3) is 0.318. The predicted molar refractivity (Wildman–Crippen MR) is 122 cm³/mol. The lowest BCUT2D eigenvalue weighted by atomic mass is 10.0. The van der Waals surface area contributed by atoms with Gasteiger partial charge < -0.3 is 31.1 Å². The van der Waals surface area contributed by atoms with Crippen LogP contribution in [-0.2, 0) is 9.59 Å². The Kier molecular flexibility index (Phi) is 7.68. The van der Waals surface area contributed by atoms with Gasteiger partial charge in [0, 0.05) is 35.1 Å². The van der Waals surface area contributed by atoms with Crippen molar-refractivity contribution in [2.75, 3.05) is 35.3 Å². The minimum atomic E-state index is -1.96.